The van der Waals surface area contributed by atoms with Gasteiger partial charge in [-0.25, -0.2) is 4.68 Å². The molecule has 0 unspecified atom stereocenters. The van der Waals surface area contributed by atoms with Crippen molar-refractivity contribution in [3.8, 4) is 28.1 Å². The Morgan fingerprint density at radius 2 is 1.65 bits per heavy atom. The molecular formula is C26H22ClN3O. The molecule has 2 heterocycles. The summed E-state index contributed by atoms with van der Waals surface area (Å²) in [4.78, 5) is 3.27. The number of halogens is 1. The van der Waals surface area contributed by atoms with Crippen molar-refractivity contribution in [1.29, 1.82) is 0 Å². The third kappa shape index (κ3) is 3.54. The van der Waals surface area contributed by atoms with Gasteiger partial charge in [0.2, 0.25) is 0 Å². The molecule has 0 saturated carbocycles. The molecule has 2 aromatic heterocycles. The summed E-state index contributed by atoms with van der Waals surface area (Å²) in [5.41, 5.74) is 5.60. The van der Waals surface area contributed by atoms with Gasteiger partial charge in [-0.15, -0.1) is 0 Å². The molecule has 0 atom stereocenters. The molecule has 31 heavy (non-hydrogen) atoms. The molecule has 3 aromatic carbocycles. The predicted molar refractivity (Wildman–Crippen MR) is 127 cm³/mol. The standard InChI is InChI=1S/C26H22ClN3O/c1-26(2,31)25-16-24(30(29-25)23-9-4-3-7-21(23)27)18-12-10-17(11-13-18)19-6-5-8-22-20(19)14-15-28-22/h3-16,28,31H,1-2H3. The van der Waals surface area contributed by atoms with Gasteiger partial charge in [0.1, 0.15) is 5.60 Å². The molecule has 5 heteroatoms. The second-order valence-corrected chi connectivity index (χ2v) is 8.57. The Hall–Kier alpha value is -3.34. The van der Waals surface area contributed by atoms with Gasteiger partial charge in [-0.3, -0.25) is 0 Å². The molecule has 0 radical (unpaired) electrons. The monoisotopic (exact) mass is 427 g/mol. The lowest BCUT2D eigenvalue weighted by atomic mass is 9.99. The van der Waals surface area contributed by atoms with E-state index in [4.69, 9.17) is 11.6 Å². The molecule has 5 aromatic rings. The molecule has 0 amide bonds. The van der Waals surface area contributed by atoms with Gasteiger partial charge in [0.25, 0.3) is 0 Å². The van der Waals surface area contributed by atoms with Crippen LogP contribution in [0.2, 0.25) is 5.02 Å². The minimum Gasteiger partial charge on any atom is -0.384 e. The summed E-state index contributed by atoms with van der Waals surface area (Å²) in [5.74, 6) is 0. The first kappa shape index (κ1) is 19.6. The third-order valence-electron chi connectivity index (χ3n) is 5.50. The summed E-state index contributed by atoms with van der Waals surface area (Å²) in [7, 11) is 0. The van der Waals surface area contributed by atoms with Crippen molar-refractivity contribution < 1.29 is 5.11 Å². The van der Waals surface area contributed by atoms with Crippen LogP contribution in [0, 0.1) is 0 Å². The van der Waals surface area contributed by atoms with Crippen LogP contribution >= 0.6 is 11.6 Å². The third-order valence-corrected chi connectivity index (χ3v) is 5.82. The van der Waals surface area contributed by atoms with Gasteiger partial charge in [0.05, 0.1) is 22.1 Å². The number of benzene rings is 3. The molecule has 0 saturated heterocycles. The summed E-state index contributed by atoms with van der Waals surface area (Å²) < 4.78 is 1.80. The zero-order valence-electron chi connectivity index (χ0n) is 17.3. The molecule has 0 fully saturated rings. The molecule has 5 rings (SSSR count). The van der Waals surface area contributed by atoms with E-state index in [9.17, 15) is 5.11 Å². The maximum atomic E-state index is 10.6. The van der Waals surface area contributed by atoms with E-state index in [1.807, 2.05) is 36.5 Å². The van der Waals surface area contributed by atoms with Gasteiger partial charge in [-0.1, -0.05) is 60.1 Å². The van der Waals surface area contributed by atoms with Crippen molar-refractivity contribution in [3.63, 3.8) is 0 Å². The van der Waals surface area contributed by atoms with Crippen LogP contribution in [0.15, 0.2) is 85.1 Å². The van der Waals surface area contributed by atoms with Crippen molar-refractivity contribution in [1.82, 2.24) is 14.8 Å². The van der Waals surface area contributed by atoms with Crippen molar-refractivity contribution in [2.75, 3.05) is 0 Å². The van der Waals surface area contributed by atoms with Gasteiger partial charge >= 0.3 is 0 Å². The highest BCUT2D eigenvalue weighted by Gasteiger charge is 2.23. The van der Waals surface area contributed by atoms with Crippen molar-refractivity contribution in [2.45, 2.75) is 19.4 Å². The molecule has 4 nitrogen and oxygen atoms in total. The first-order valence-corrected chi connectivity index (χ1v) is 10.5. The van der Waals surface area contributed by atoms with Gasteiger partial charge in [-0.2, -0.15) is 5.10 Å². The number of fused-ring (bicyclic) bond motifs is 1. The minimum absolute atomic E-state index is 0.587. The lowest BCUT2D eigenvalue weighted by Gasteiger charge is -2.13. The Bertz CT molecular complexity index is 1370. The van der Waals surface area contributed by atoms with Crippen LogP contribution in [0.4, 0.5) is 0 Å². The van der Waals surface area contributed by atoms with Crippen molar-refractivity contribution in [3.05, 3.63) is 95.8 Å². The van der Waals surface area contributed by atoms with Crippen LogP contribution in [-0.2, 0) is 5.60 Å². The SMILES string of the molecule is CC(C)(O)c1cc(-c2ccc(-c3cccc4[nH]ccc34)cc2)n(-c2ccccc2Cl)n1. The highest BCUT2D eigenvalue weighted by molar-refractivity contribution is 6.32. The Balaban J connectivity index is 1.63. The van der Waals surface area contributed by atoms with E-state index in [-0.39, 0.29) is 0 Å². The number of hydrogen-bond donors (Lipinski definition) is 2. The van der Waals surface area contributed by atoms with E-state index in [1.165, 1.54) is 10.9 Å². The highest BCUT2D eigenvalue weighted by atomic mass is 35.5. The van der Waals surface area contributed by atoms with Crippen LogP contribution in [0.25, 0.3) is 39.0 Å². The second kappa shape index (κ2) is 7.41. The molecule has 0 aliphatic rings. The summed E-state index contributed by atoms with van der Waals surface area (Å²) in [6, 6.07) is 26.3. The Kier molecular flexibility index (Phi) is 4.69. The Morgan fingerprint density at radius 1 is 0.903 bits per heavy atom. The number of aliphatic hydroxyl groups is 1. The molecule has 0 aliphatic heterocycles. The number of nitrogens with zero attached hydrogens (tertiary/aromatic N) is 2. The van der Waals surface area contributed by atoms with Crippen molar-refractivity contribution in [2.24, 2.45) is 0 Å². The van der Waals surface area contributed by atoms with Crippen LogP contribution in [0.5, 0.6) is 0 Å². The second-order valence-electron chi connectivity index (χ2n) is 8.16. The Morgan fingerprint density at radius 3 is 2.39 bits per heavy atom. The average molecular weight is 428 g/mol. The first-order chi connectivity index (χ1) is 14.9. The zero-order valence-corrected chi connectivity index (χ0v) is 18.1. The number of aromatic amines is 1. The topological polar surface area (TPSA) is 53.8 Å². The number of rotatable bonds is 4. The first-order valence-electron chi connectivity index (χ1n) is 10.2. The van der Waals surface area contributed by atoms with E-state index in [1.54, 1.807) is 18.5 Å². The highest BCUT2D eigenvalue weighted by Crippen LogP contribution is 2.33. The minimum atomic E-state index is -1.06. The number of para-hydroxylation sites is 1. The smallest absolute Gasteiger partial charge is 0.103 e. The largest absolute Gasteiger partial charge is 0.384 e. The van der Waals surface area contributed by atoms with Crippen LogP contribution in [-0.4, -0.2) is 19.9 Å². The van der Waals surface area contributed by atoms with Gasteiger partial charge in [0.15, 0.2) is 0 Å². The molecule has 0 bridgehead atoms. The molecule has 0 spiro atoms. The lowest BCUT2D eigenvalue weighted by molar-refractivity contribution is 0.0734. The maximum Gasteiger partial charge on any atom is 0.103 e. The van der Waals surface area contributed by atoms with Crippen LogP contribution in [0.3, 0.4) is 0 Å². The molecule has 154 valence electrons. The summed E-state index contributed by atoms with van der Waals surface area (Å²) in [6.07, 6.45) is 1.96. The summed E-state index contributed by atoms with van der Waals surface area (Å²) in [5, 5.41) is 17.0. The van der Waals surface area contributed by atoms with E-state index in [2.05, 4.69) is 58.6 Å². The fourth-order valence-electron chi connectivity index (χ4n) is 3.85. The normalized spacial score (nSPS) is 11.9. The van der Waals surface area contributed by atoms with Gasteiger partial charge < -0.3 is 10.1 Å². The fourth-order valence-corrected chi connectivity index (χ4v) is 4.07. The number of hydrogen-bond acceptors (Lipinski definition) is 2. The lowest BCUT2D eigenvalue weighted by Crippen LogP contribution is -2.16. The average Bonchev–Trinajstić information content (AvgIpc) is 3.41. The van der Waals surface area contributed by atoms with E-state index in [0.717, 1.165) is 28.0 Å². The number of H-pyrrole nitrogens is 1. The van der Waals surface area contributed by atoms with Crippen molar-refractivity contribution >= 4 is 22.5 Å². The van der Waals surface area contributed by atoms with E-state index < -0.39 is 5.60 Å². The van der Waals surface area contributed by atoms with Crippen LogP contribution < -0.4 is 0 Å². The van der Waals surface area contributed by atoms with Gasteiger partial charge in [-0.05, 0) is 55.3 Å². The van der Waals surface area contributed by atoms with Crippen LogP contribution in [0.1, 0.15) is 19.5 Å². The quantitative estimate of drug-likeness (QED) is 0.341. The Labute approximate surface area is 185 Å². The number of aromatic nitrogens is 3. The predicted octanol–water partition coefficient (Wildman–Crippen LogP) is 6.57. The molecular weight excluding hydrogens is 406 g/mol. The number of nitrogens with one attached hydrogen (secondary N) is 1. The maximum absolute atomic E-state index is 10.6. The zero-order chi connectivity index (χ0) is 21.6. The molecule has 2 N–H and O–H groups in total. The molecule has 0 aliphatic carbocycles. The van der Waals surface area contributed by atoms with E-state index in [0.29, 0.717) is 10.7 Å². The summed E-state index contributed by atoms with van der Waals surface area (Å²) in [6.45, 7) is 3.47. The fraction of sp³-hybridized carbons (Fsp3) is 0.115. The van der Waals surface area contributed by atoms with E-state index >= 15 is 0 Å². The van der Waals surface area contributed by atoms with Gasteiger partial charge in [0, 0.05) is 22.7 Å². The summed E-state index contributed by atoms with van der Waals surface area (Å²) >= 11 is 6.47.